The van der Waals surface area contributed by atoms with Crippen molar-refractivity contribution in [2.24, 2.45) is 10.7 Å². The number of aryl methyl sites for hydroxylation is 2. The van der Waals surface area contributed by atoms with Crippen LogP contribution >= 0.6 is 11.6 Å². The second kappa shape index (κ2) is 6.96. The number of phenolic OH excluding ortho intramolecular Hbond substituents is 1. The third-order valence-corrected chi connectivity index (χ3v) is 3.26. The van der Waals surface area contributed by atoms with Crippen LogP contribution in [0.5, 0.6) is 5.75 Å². The number of nitrogens with zero attached hydrogens (tertiary/aromatic N) is 1. The van der Waals surface area contributed by atoms with E-state index >= 15 is 0 Å². The van der Waals surface area contributed by atoms with Crippen LogP contribution in [0.3, 0.4) is 0 Å². The molecule has 0 bridgehead atoms. The zero-order valence-corrected chi connectivity index (χ0v) is 11.8. The molecule has 20 heavy (non-hydrogen) atoms. The molecule has 2 aromatic rings. The van der Waals surface area contributed by atoms with Gasteiger partial charge in [-0.2, -0.15) is 0 Å². The summed E-state index contributed by atoms with van der Waals surface area (Å²) in [5, 5.41) is 9.23. The minimum absolute atomic E-state index is 0.239. The minimum Gasteiger partial charge on any atom is -0.508 e. The highest BCUT2D eigenvalue weighted by molar-refractivity contribution is 6.28. The molecule has 0 aromatic heterocycles. The first-order valence-corrected chi connectivity index (χ1v) is 6.96. The quantitative estimate of drug-likeness (QED) is 0.503. The lowest BCUT2D eigenvalue weighted by atomic mass is 10.0. The minimum atomic E-state index is 0.239. The normalized spacial score (nSPS) is 11.6. The molecule has 2 aromatic carbocycles. The lowest BCUT2D eigenvalue weighted by Crippen LogP contribution is -2.12. The second-order valence-corrected chi connectivity index (χ2v) is 4.84. The number of alkyl halides is 1. The van der Waals surface area contributed by atoms with E-state index in [2.05, 4.69) is 4.99 Å². The lowest BCUT2D eigenvalue weighted by molar-refractivity contribution is 0.475. The molecule has 4 heteroatoms. The molecule has 2 rings (SSSR count). The molecule has 0 aliphatic carbocycles. The Bertz CT molecular complexity index is 576. The summed E-state index contributed by atoms with van der Waals surface area (Å²) < 4.78 is 0. The molecule has 3 N–H and O–H groups in total. The second-order valence-electron chi connectivity index (χ2n) is 4.57. The monoisotopic (exact) mass is 288 g/mol. The molecule has 0 saturated carbocycles. The smallest absolute Gasteiger partial charge is 0.115 e. The van der Waals surface area contributed by atoms with Gasteiger partial charge >= 0.3 is 0 Å². The van der Waals surface area contributed by atoms with Gasteiger partial charge in [0.2, 0.25) is 0 Å². The van der Waals surface area contributed by atoms with Gasteiger partial charge in [-0.1, -0.05) is 24.3 Å². The molecular weight excluding hydrogens is 272 g/mol. The van der Waals surface area contributed by atoms with Gasteiger partial charge in [-0.3, -0.25) is 0 Å². The molecule has 0 spiro atoms. The molecular formula is C16H17ClN2O. The summed E-state index contributed by atoms with van der Waals surface area (Å²) >= 11 is 5.59. The molecule has 0 aliphatic rings. The number of aromatic hydroxyl groups is 1. The van der Waals surface area contributed by atoms with E-state index in [0.717, 1.165) is 18.5 Å². The number of phenols is 1. The van der Waals surface area contributed by atoms with Gasteiger partial charge in [0, 0.05) is 0 Å². The van der Waals surface area contributed by atoms with Crippen molar-refractivity contribution in [3.63, 3.8) is 0 Å². The molecule has 0 aliphatic heterocycles. The summed E-state index contributed by atoms with van der Waals surface area (Å²) in [5.41, 5.74) is 8.85. The van der Waals surface area contributed by atoms with E-state index in [1.165, 1.54) is 11.1 Å². The standard InChI is InChI=1S/C16H17ClN2O/c17-11-16(18)19-14-7-3-12(4-8-14)1-2-13-5-9-15(20)10-6-13/h3-10,20H,1-2,11H2,(H2,18,19). The van der Waals surface area contributed by atoms with Crippen molar-refractivity contribution in [2.75, 3.05) is 5.88 Å². The molecule has 0 amide bonds. The van der Waals surface area contributed by atoms with E-state index in [0.29, 0.717) is 11.6 Å². The SMILES string of the molecule is NC(CCl)=Nc1ccc(CCc2ccc(O)cc2)cc1. The Hall–Kier alpha value is -2.00. The fraction of sp³-hybridized carbons (Fsp3) is 0.188. The summed E-state index contributed by atoms with van der Waals surface area (Å²) in [7, 11) is 0. The molecule has 0 atom stereocenters. The van der Waals surface area contributed by atoms with Gasteiger partial charge < -0.3 is 10.8 Å². The predicted octanol–water partition coefficient (Wildman–Crippen LogP) is 3.40. The van der Waals surface area contributed by atoms with Gasteiger partial charge in [-0.15, -0.1) is 11.6 Å². The van der Waals surface area contributed by atoms with E-state index < -0.39 is 0 Å². The van der Waals surface area contributed by atoms with E-state index in [-0.39, 0.29) is 5.88 Å². The number of amidine groups is 1. The Kier molecular flexibility index (Phi) is 5.02. The molecule has 0 heterocycles. The van der Waals surface area contributed by atoms with E-state index in [4.69, 9.17) is 17.3 Å². The highest BCUT2D eigenvalue weighted by Crippen LogP contribution is 2.16. The zero-order valence-electron chi connectivity index (χ0n) is 11.1. The highest BCUT2D eigenvalue weighted by atomic mass is 35.5. The maximum Gasteiger partial charge on any atom is 0.115 e. The fourth-order valence-electron chi connectivity index (χ4n) is 1.88. The summed E-state index contributed by atoms with van der Waals surface area (Å²) in [6, 6.07) is 15.3. The van der Waals surface area contributed by atoms with Crippen LogP contribution in [0.25, 0.3) is 0 Å². The van der Waals surface area contributed by atoms with Crippen molar-refractivity contribution in [1.29, 1.82) is 0 Å². The van der Waals surface area contributed by atoms with Gasteiger partial charge in [0.15, 0.2) is 0 Å². The highest BCUT2D eigenvalue weighted by Gasteiger charge is 1.98. The number of hydrogen-bond donors (Lipinski definition) is 2. The Labute approximate surface area is 123 Å². The van der Waals surface area contributed by atoms with Crippen molar-refractivity contribution in [1.82, 2.24) is 0 Å². The Morgan fingerprint density at radius 1 is 0.950 bits per heavy atom. The topological polar surface area (TPSA) is 58.6 Å². The van der Waals surface area contributed by atoms with Crippen LogP contribution in [0.15, 0.2) is 53.5 Å². The summed E-state index contributed by atoms with van der Waals surface area (Å²) in [5.74, 6) is 0.958. The van der Waals surface area contributed by atoms with Gasteiger partial charge in [-0.25, -0.2) is 4.99 Å². The van der Waals surface area contributed by atoms with Crippen LogP contribution in [0.2, 0.25) is 0 Å². The Morgan fingerprint density at radius 2 is 1.45 bits per heavy atom. The maximum absolute atomic E-state index is 9.23. The van der Waals surface area contributed by atoms with Gasteiger partial charge in [0.1, 0.15) is 11.6 Å². The van der Waals surface area contributed by atoms with E-state index in [1.54, 1.807) is 12.1 Å². The maximum atomic E-state index is 9.23. The number of rotatable bonds is 5. The number of aliphatic imine (C=N–C) groups is 1. The lowest BCUT2D eigenvalue weighted by Gasteiger charge is -2.03. The summed E-state index contributed by atoms with van der Waals surface area (Å²) in [6.45, 7) is 0. The van der Waals surface area contributed by atoms with E-state index in [1.807, 2.05) is 36.4 Å². The first-order valence-electron chi connectivity index (χ1n) is 6.43. The molecule has 104 valence electrons. The summed E-state index contributed by atoms with van der Waals surface area (Å²) in [6.07, 6.45) is 1.88. The summed E-state index contributed by atoms with van der Waals surface area (Å²) in [4.78, 5) is 4.18. The number of nitrogens with two attached hydrogens (primary N) is 1. The average Bonchev–Trinajstić information content (AvgIpc) is 2.48. The van der Waals surface area contributed by atoms with Gasteiger partial charge in [-0.05, 0) is 48.2 Å². The first-order chi connectivity index (χ1) is 9.67. The van der Waals surface area contributed by atoms with Crippen molar-refractivity contribution >= 4 is 23.1 Å². The largest absolute Gasteiger partial charge is 0.508 e. The van der Waals surface area contributed by atoms with E-state index in [9.17, 15) is 5.11 Å². The Balaban J connectivity index is 1.95. The molecule has 0 radical (unpaired) electrons. The number of hydrogen-bond acceptors (Lipinski definition) is 2. The van der Waals surface area contributed by atoms with Crippen LogP contribution < -0.4 is 5.73 Å². The third kappa shape index (κ3) is 4.28. The van der Waals surface area contributed by atoms with Crippen molar-refractivity contribution in [2.45, 2.75) is 12.8 Å². The molecule has 0 fully saturated rings. The number of halogens is 1. The van der Waals surface area contributed by atoms with Crippen LogP contribution in [-0.2, 0) is 12.8 Å². The first kappa shape index (κ1) is 14.4. The molecule has 0 unspecified atom stereocenters. The molecule has 3 nitrogen and oxygen atoms in total. The van der Waals surface area contributed by atoms with Gasteiger partial charge in [0.25, 0.3) is 0 Å². The van der Waals surface area contributed by atoms with Crippen LogP contribution in [0.4, 0.5) is 5.69 Å². The fourth-order valence-corrected chi connectivity index (χ4v) is 1.94. The molecule has 0 saturated heterocycles. The average molecular weight is 289 g/mol. The third-order valence-electron chi connectivity index (χ3n) is 2.98. The van der Waals surface area contributed by atoms with Crippen LogP contribution in [-0.4, -0.2) is 16.8 Å². The van der Waals surface area contributed by atoms with Crippen molar-refractivity contribution in [3.05, 3.63) is 59.7 Å². The number of benzene rings is 2. The predicted molar refractivity (Wildman–Crippen MR) is 84.0 cm³/mol. The zero-order chi connectivity index (χ0) is 14.4. The van der Waals surface area contributed by atoms with Crippen molar-refractivity contribution < 1.29 is 5.11 Å². The van der Waals surface area contributed by atoms with Crippen molar-refractivity contribution in [3.8, 4) is 5.75 Å². The Morgan fingerprint density at radius 3 is 1.95 bits per heavy atom. The van der Waals surface area contributed by atoms with Crippen LogP contribution in [0.1, 0.15) is 11.1 Å². The van der Waals surface area contributed by atoms with Crippen LogP contribution in [0, 0.1) is 0 Å². The van der Waals surface area contributed by atoms with Gasteiger partial charge in [0.05, 0.1) is 11.6 Å².